The lowest BCUT2D eigenvalue weighted by atomic mass is 9.92. The normalized spacial score (nSPS) is 16.7. The van der Waals surface area contributed by atoms with Crippen molar-refractivity contribution in [2.75, 3.05) is 20.1 Å². The molecule has 9 heteroatoms. The summed E-state index contributed by atoms with van der Waals surface area (Å²) in [7, 11) is 1.54. The highest BCUT2D eigenvalue weighted by atomic mass is 19.4. The van der Waals surface area contributed by atoms with Crippen molar-refractivity contribution in [1.82, 2.24) is 20.0 Å². The molecule has 2 heterocycles. The Kier molecular flexibility index (Phi) is 4.91. The number of amides is 2. The number of aryl methyl sites for hydroxylation is 1. The quantitative estimate of drug-likeness (QED) is 0.895. The largest absolute Gasteiger partial charge is 0.408 e. The first kappa shape index (κ1) is 18.3. The smallest absolute Gasteiger partial charge is 0.359 e. The second kappa shape index (κ2) is 6.45. The predicted octanol–water partition coefficient (Wildman–Crippen LogP) is 1.37. The minimum atomic E-state index is -4.37. The maximum absolute atomic E-state index is 12.6. The van der Waals surface area contributed by atoms with Gasteiger partial charge < -0.3 is 10.2 Å². The number of alkyl halides is 3. The third kappa shape index (κ3) is 3.54. The van der Waals surface area contributed by atoms with Gasteiger partial charge in [0, 0.05) is 31.4 Å². The molecule has 1 fully saturated rings. The molecule has 1 aliphatic heterocycles. The molecule has 1 unspecified atom stereocenters. The summed E-state index contributed by atoms with van der Waals surface area (Å²) in [4.78, 5) is 25.5. The Hall–Kier alpha value is -2.06. The van der Waals surface area contributed by atoms with Crippen molar-refractivity contribution < 1.29 is 22.8 Å². The Labute approximate surface area is 138 Å². The van der Waals surface area contributed by atoms with E-state index >= 15 is 0 Å². The second-order valence-electron chi connectivity index (χ2n) is 6.13. The Morgan fingerprint density at radius 1 is 1.33 bits per heavy atom. The van der Waals surface area contributed by atoms with Gasteiger partial charge in [-0.25, -0.2) is 0 Å². The Morgan fingerprint density at radius 2 is 1.92 bits per heavy atom. The maximum atomic E-state index is 12.6. The van der Waals surface area contributed by atoms with E-state index in [1.165, 1.54) is 14.0 Å². The number of nitrogens with one attached hydrogen (secondary N) is 1. The van der Waals surface area contributed by atoms with Crippen LogP contribution in [0.25, 0.3) is 0 Å². The molecule has 1 atom stereocenters. The molecule has 2 amide bonds. The molecule has 1 saturated heterocycles. The molecule has 0 bridgehead atoms. The van der Waals surface area contributed by atoms with E-state index < -0.39 is 18.6 Å². The van der Waals surface area contributed by atoms with Crippen LogP contribution in [0.5, 0.6) is 0 Å². The molecule has 0 saturated carbocycles. The number of halogens is 3. The van der Waals surface area contributed by atoms with E-state index in [1.54, 1.807) is 18.7 Å². The van der Waals surface area contributed by atoms with Gasteiger partial charge in [-0.1, -0.05) is 0 Å². The van der Waals surface area contributed by atoms with Crippen molar-refractivity contribution in [3.05, 3.63) is 17.0 Å². The Morgan fingerprint density at radius 3 is 2.42 bits per heavy atom. The molecule has 1 aromatic heterocycles. The molecule has 1 N–H and O–H groups in total. The van der Waals surface area contributed by atoms with Crippen LogP contribution < -0.4 is 5.32 Å². The Balaban J connectivity index is 2.11. The Bertz CT molecular complexity index is 648. The summed E-state index contributed by atoms with van der Waals surface area (Å²) in [5, 5.41) is 6.45. The lowest BCUT2D eigenvalue weighted by molar-refractivity contribution is -0.144. The number of carbonyl (C=O) groups is 2. The number of hydrogen-bond acceptors (Lipinski definition) is 3. The molecule has 0 aromatic carbocycles. The first-order valence-corrected chi connectivity index (χ1v) is 7.66. The SMILES string of the molecule is CNC(=O)C1CN(C(=O)C(C)c2c(C)nn(CC(F)(F)F)c2C)C1. The van der Waals surface area contributed by atoms with E-state index in [0.29, 0.717) is 30.0 Å². The first-order chi connectivity index (χ1) is 11.0. The molecule has 0 aliphatic carbocycles. The van der Waals surface area contributed by atoms with Gasteiger partial charge in [0.15, 0.2) is 0 Å². The van der Waals surface area contributed by atoms with Gasteiger partial charge in [-0.2, -0.15) is 18.3 Å². The van der Waals surface area contributed by atoms with Crippen LogP contribution in [0.4, 0.5) is 13.2 Å². The fourth-order valence-electron chi connectivity index (χ4n) is 3.09. The van der Waals surface area contributed by atoms with E-state index in [1.807, 2.05) is 0 Å². The highest BCUT2D eigenvalue weighted by Gasteiger charge is 2.38. The maximum Gasteiger partial charge on any atom is 0.408 e. The molecular weight excluding hydrogens is 325 g/mol. The molecule has 1 aromatic rings. The summed E-state index contributed by atoms with van der Waals surface area (Å²) in [6, 6.07) is 0. The minimum absolute atomic E-state index is 0.114. The third-order valence-corrected chi connectivity index (χ3v) is 4.38. The van der Waals surface area contributed by atoms with Crippen LogP contribution in [0.3, 0.4) is 0 Å². The van der Waals surface area contributed by atoms with Gasteiger partial charge in [0.2, 0.25) is 11.8 Å². The molecule has 0 spiro atoms. The van der Waals surface area contributed by atoms with Gasteiger partial charge in [0.1, 0.15) is 6.54 Å². The summed E-state index contributed by atoms with van der Waals surface area (Å²) >= 11 is 0. The number of rotatable bonds is 4. The zero-order chi connectivity index (χ0) is 18.2. The minimum Gasteiger partial charge on any atom is -0.359 e. The second-order valence-corrected chi connectivity index (χ2v) is 6.13. The molecule has 24 heavy (non-hydrogen) atoms. The average Bonchev–Trinajstić information content (AvgIpc) is 2.68. The van der Waals surface area contributed by atoms with E-state index in [4.69, 9.17) is 0 Å². The molecule has 0 radical (unpaired) electrons. The van der Waals surface area contributed by atoms with Crippen LogP contribution in [0.1, 0.15) is 29.8 Å². The number of hydrogen-bond donors (Lipinski definition) is 1. The van der Waals surface area contributed by atoms with Gasteiger partial charge in [-0.15, -0.1) is 0 Å². The van der Waals surface area contributed by atoms with Crippen LogP contribution in [0.2, 0.25) is 0 Å². The summed E-state index contributed by atoms with van der Waals surface area (Å²) in [5.41, 5.74) is 1.28. The fraction of sp³-hybridized carbons (Fsp3) is 0.667. The zero-order valence-electron chi connectivity index (χ0n) is 14.1. The van der Waals surface area contributed by atoms with Crippen LogP contribution in [0.15, 0.2) is 0 Å². The number of nitrogens with zero attached hydrogens (tertiary/aromatic N) is 3. The monoisotopic (exact) mass is 346 g/mol. The van der Waals surface area contributed by atoms with Crippen molar-refractivity contribution in [3.8, 4) is 0 Å². The van der Waals surface area contributed by atoms with Gasteiger partial charge in [0.25, 0.3) is 0 Å². The van der Waals surface area contributed by atoms with Crippen molar-refractivity contribution in [2.45, 2.75) is 39.4 Å². The van der Waals surface area contributed by atoms with Crippen molar-refractivity contribution >= 4 is 11.8 Å². The fourth-order valence-corrected chi connectivity index (χ4v) is 3.09. The highest BCUT2D eigenvalue weighted by Crippen LogP contribution is 2.29. The van der Waals surface area contributed by atoms with Gasteiger partial charge in [0.05, 0.1) is 17.5 Å². The molecule has 1 aliphatic rings. The predicted molar refractivity (Wildman–Crippen MR) is 80.3 cm³/mol. The summed E-state index contributed by atoms with van der Waals surface area (Å²) in [5.74, 6) is -1.14. The standard InChI is InChI=1S/C15H21F3N4O2/c1-8(14(24)21-5-11(6-21)13(23)19-4)12-9(2)20-22(10(12)3)7-15(16,17)18/h8,11H,5-7H2,1-4H3,(H,19,23). The molecular formula is C15H21F3N4O2. The number of likely N-dealkylation sites (tertiary alicyclic amines) is 1. The summed E-state index contributed by atoms with van der Waals surface area (Å²) in [6.45, 7) is 4.28. The summed E-state index contributed by atoms with van der Waals surface area (Å²) in [6.07, 6.45) is -4.37. The first-order valence-electron chi connectivity index (χ1n) is 7.66. The molecule has 2 rings (SSSR count). The zero-order valence-corrected chi connectivity index (χ0v) is 14.1. The van der Waals surface area contributed by atoms with Crippen molar-refractivity contribution in [1.29, 1.82) is 0 Å². The van der Waals surface area contributed by atoms with Crippen LogP contribution in [-0.2, 0) is 16.1 Å². The topological polar surface area (TPSA) is 67.2 Å². The average molecular weight is 346 g/mol. The van der Waals surface area contributed by atoms with Crippen LogP contribution in [0, 0.1) is 19.8 Å². The lowest BCUT2D eigenvalue weighted by Gasteiger charge is -2.39. The van der Waals surface area contributed by atoms with E-state index in [0.717, 1.165) is 4.68 Å². The highest BCUT2D eigenvalue weighted by molar-refractivity contribution is 5.88. The van der Waals surface area contributed by atoms with Crippen molar-refractivity contribution in [2.24, 2.45) is 5.92 Å². The van der Waals surface area contributed by atoms with Gasteiger partial charge in [-0.3, -0.25) is 14.3 Å². The van der Waals surface area contributed by atoms with Crippen molar-refractivity contribution in [3.63, 3.8) is 0 Å². The molecule has 6 nitrogen and oxygen atoms in total. The molecule has 134 valence electrons. The van der Waals surface area contributed by atoms with Crippen LogP contribution >= 0.6 is 0 Å². The number of aromatic nitrogens is 2. The summed E-state index contributed by atoms with van der Waals surface area (Å²) < 4.78 is 38.7. The number of carbonyl (C=O) groups excluding carboxylic acids is 2. The third-order valence-electron chi connectivity index (χ3n) is 4.38. The van der Waals surface area contributed by atoms with E-state index in [-0.39, 0.29) is 17.7 Å². The van der Waals surface area contributed by atoms with E-state index in [9.17, 15) is 22.8 Å². The van der Waals surface area contributed by atoms with Gasteiger partial charge >= 0.3 is 6.18 Å². The lowest BCUT2D eigenvalue weighted by Crippen LogP contribution is -2.56. The van der Waals surface area contributed by atoms with Crippen LogP contribution in [-0.4, -0.2) is 52.8 Å². The van der Waals surface area contributed by atoms with E-state index in [2.05, 4.69) is 10.4 Å². The van der Waals surface area contributed by atoms with Gasteiger partial charge in [-0.05, 0) is 20.8 Å².